The fourth-order valence-corrected chi connectivity index (χ4v) is 3.66. The van der Waals surface area contributed by atoms with Crippen LogP contribution in [0.1, 0.15) is 45.4 Å². The number of hydrogen-bond donors (Lipinski definition) is 1. The number of hydrogen-bond acceptors (Lipinski definition) is 4. The molecule has 22 heavy (non-hydrogen) atoms. The van der Waals surface area contributed by atoms with E-state index in [1.807, 2.05) is 11.8 Å². The lowest BCUT2D eigenvalue weighted by molar-refractivity contribution is -0.140. The number of rotatable bonds is 7. The molecule has 0 aliphatic carbocycles. The van der Waals surface area contributed by atoms with E-state index in [9.17, 15) is 9.90 Å². The van der Waals surface area contributed by atoms with Crippen LogP contribution in [-0.2, 0) is 9.53 Å². The molecule has 0 saturated carbocycles. The Morgan fingerprint density at radius 3 is 2.68 bits per heavy atom. The number of likely N-dealkylation sites (tertiary alicyclic amines) is 2. The highest BCUT2D eigenvalue weighted by molar-refractivity contribution is 5.76. The lowest BCUT2D eigenvalue weighted by Crippen LogP contribution is -2.52. The van der Waals surface area contributed by atoms with Gasteiger partial charge >= 0.3 is 0 Å². The average Bonchev–Trinajstić information content (AvgIpc) is 3.01. The summed E-state index contributed by atoms with van der Waals surface area (Å²) in [4.78, 5) is 16.7. The van der Waals surface area contributed by atoms with E-state index in [0.29, 0.717) is 39.0 Å². The van der Waals surface area contributed by atoms with Crippen LogP contribution in [0.25, 0.3) is 0 Å². The first-order valence-corrected chi connectivity index (χ1v) is 8.76. The summed E-state index contributed by atoms with van der Waals surface area (Å²) >= 11 is 0. The Labute approximate surface area is 134 Å². The topological polar surface area (TPSA) is 53.0 Å². The van der Waals surface area contributed by atoms with Crippen LogP contribution < -0.4 is 0 Å². The number of piperidine rings is 1. The second-order valence-electron chi connectivity index (χ2n) is 6.99. The Kier molecular flexibility index (Phi) is 6.66. The van der Waals surface area contributed by atoms with E-state index in [1.54, 1.807) is 7.11 Å². The van der Waals surface area contributed by atoms with Crippen LogP contribution in [0.3, 0.4) is 0 Å². The molecule has 0 aromatic rings. The van der Waals surface area contributed by atoms with Crippen molar-refractivity contribution in [3.63, 3.8) is 0 Å². The lowest BCUT2D eigenvalue weighted by atomic mass is 9.80. The third-order valence-electron chi connectivity index (χ3n) is 5.38. The van der Waals surface area contributed by atoms with Crippen LogP contribution in [0, 0.1) is 5.92 Å². The number of ether oxygens (including phenoxy) is 1. The Bertz CT molecular complexity index is 358. The fourth-order valence-electron chi connectivity index (χ4n) is 3.66. The summed E-state index contributed by atoms with van der Waals surface area (Å²) in [6, 6.07) is 0. The molecule has 0 radical (unpaired) electrons. The third-order valence-corrected chi connectivity index (χ3v) is 5.38. The molecule has 2 atom stereocenters. The molecule has 1 amide bonds. The number of aliphatic hydroxyl groups is 1. The summed E-state index contributed by atoms with van der Waals surface area (Å²) in [5.74, 6) is 0.360. The average molecular weight is 312 g/mol. The van der Waals surface area contributed by atoms with E-state index in [4.69, 9.17) is 4.74 Å². The SMILES string of the molecule is COCC[C@@]1(O)CCN(C(=O)CCCN2CCCC2)C[C@@H]1C. The van der Waals surface area contributed by atoms with Crippen molar-refractivity contribution in [1.29, 1.82) is 0 Å². The molecule has 0 spiro atoms. The van der Waals surface area contributed by atoms with Gasteiger partial charge in [0.2, 0.25) is 5.91 Å². The molecule has 2 aliphatic rings. The molecule has 2 fully saturated rings. The van der Waals surface area contributed by atoms with E-state index in [-0.39, 0.29) is 11.8 Å². The largest absolute Gasteiger partial charge is 0.389 e. The van der Waals surface area contributed by atoms with E-state index in [2.05, 4.69) is 4.90 Å². The minimum absolute atomic E-state index is 0.110. The summed E-state index contributed by atoms with van der Waals surface area (Å²) in [6.45, 7) is 7.40. The summed E-state index contributed by atoms with van der Waals surface area (Å²) in [7, 11) is 1.66. The monoisotopic (exact) mass is 312 g/mol. The third kappa shape index (κ3) is 4.67. The van der Waals surface area contributed by atoms with E-state index in [1.165, 1.54) is 25.9 Å². The second-order valence-corrected chi connectivity index (χ2v) is 6.99. The van der Waals surface area contributed by atoms with E-state index < -0.39 is 5.60 Å². The van der Waals surface area contributed by atoms with E-state index >= 15 is 0 Å². The van der Waals surface area contributed by atoms with Gasteiger partial charge in [-0.1, -0.05) is 6.92 Å². The predicted octanol–water partition coefficient (Wildman–Crippen LogP) is 1.50. The zero-order chi connectivity index (χ0) is 16.0. The highest BCUT2D eigenvalue weighted by Gasteiger charge is 2.39. The quantitative estimate of drug-likeness (QED) is 0.774. The summed E-state index contributed by atoms with van der Waals surface area (Å²) in [5, 5.41) is 10.7. The van der Waals surface area contributed by atoms with Gasteiger partial charge in [0.1, 0.15) is 0 Å². The Hall–Kier alpha value is -0.650. The van der Waals surface area contributed by atoms with Crippen molar-refractivity contribution < 1.29 is 14.6 Å². The molecule has 0 bridgehead atoms. The number of amides is 1. The van der Waals surface area contributed by atoms with Crippen molar-refractivity contribution >= 4 is 5.91 Å². The molecule has 5 heteroatoms. The van der Waals surface area contributed by atoms with Crippen LogP contribution in [0.2, 0.25) is 0 Å². The molecule has 2 saturated heterocycles. The lowest BCUT2D eigenvalue weighted by Gasteiger charge is -2.43. The molecule has 2 rings (SSSR count). The molecule has 2 heterocycles. The van der Waals surface area contributed by atoms with Crippen molar-refractivity contribution in [2.45, 2.75) is 51.0 Å². The minimum atomic E-state index is -0.678. The van der Waals surface area contributed by atoms with Gasteiger partial charge in [-0.3, -0.25) is 4.79 Å². The maximum atomic E-state index is 12.3. The van der Waals surface area contributed by atoms with Crippen LogP contribution in [0.4, 0.5) is 0 Å². The van der Waals surface area contributed by atoms with Crippen molar-refractivity contribution in [2.24, 2.45) is 5.92 Å². The van der Waals surface area contributed by atoms with Gasteiger partial charge in [-0.15, -0.1) is 0 Å². The normalized spacial score (nSPS) is 30.0. The van der Waals surface area contributed by atoms with Crippen molar-refractivity contribution in [3.05, 3.63) is 0 Å². The van der Waals surface area contributed by atoms with Gasteiger partial charge in [-0.05, 0) is 51.7 Å². The molecule has 2 aliphatic heterocycles. The highest BCUT2D eigenvalue weighted by atomic mass is 16.5. The Morgan fingerprint density at radius 2 is 2.05 bits per heavy atom. The molecule has 0 aromatic heterocycles. The summed E-state index contributed by atoms with van der Waals surface area (Å²) < 4.78 is 5.09. The second kappa shape index (κ2) is 8.27. The van der Waals surface area contributed by atoms with Crippen molar-refractivity contribution in [3.8, 4) is 0 Å². The molecule has 5 nitrogen and oxygen atoms in total. The van der Waals surface area contributed by atoms with Crippen molar-refractivity contribution in [1.82, 2.24) is 9.80 Å². The smallest absolute Gasteiger partial charge is 0.222 e. The van der Waals surface area contributed by atoms with Crippen LogP contribution in [0.5, 0.6) is 0 Å². The number of carbonyl (C=O) groups is 1. The first kappa shape index (κ1) is 17.7. The molecular formula is C17H32N2O3. The standard InChI is InChI=1S/C17H32N2O3/c1-15-14-19(12-7-17(15,21)8-13-22-2)16(20)6-5-11-18-9-3-4-10-18/h15,21H,3-14H2,1-2H3/t15-,17-/m0/s1. The van der Waals surface area contributed by atoms with Gasteiger partial charge in [-0.25, -0.2) is 0 Å². The van der Waals surface area contributed by atoms with Gasteiger partial charge < -0.3 is 19.6 Å². The van der Waals surface area contributed by atoms with Gasteiger partial charge in [0.15, 0.2) is 0 Å². The fraction of sp³-hybridized carbons (Fsp3) is 0.941. The van der Waals surface area contributed by atoms with Gasteiger partial charge in [0.25, 0.3) is 0 Å². The number of methoxy groups -OCH3 is 1. The van der Waals surface area contributed by atoms with Crippen molar-refractivity contribution in [2.75, 3.05) is 46.4 Å². The zero-order valence-corrected chi connectivity index (χ0v) is 14.2. The van der Waals surface area contributed by atoms with E-state index in [0.717, 1.165) is 13.0 Å². The van der Waals surface area contributed by atoms with Gasteiger partial charge in [-0.2, -0.15) is 0 Å². The number of nitrogens with zero attached hydrogens (tertiary/aromatic N) is 2. The molecule has 0 aromatic carbocycles. The zero-order valence-electron chi connectivity index (χ0n) is 14.2. The van der Waals surface area contributed by atoms with Crippen LogP contribution in [-0.4, -0.2) is 72.9 Å². The Morgan fingerprint density at radius 1 is 1.32 bits per heavy atom. The number of carbonyl (C=O) groups excluding carboxylic acids is 1. The highest BCUT2D eigenvalue weighted by Crippen LogP contribution is 2.31. The van der Waals surface area contributed by atoms with Gasteiger partial charge in [0.05, 0.1) is 5.60 Å². The molecule has 1 N–H and O–H groups in total. The minimum Gasteiger partial charge on any atom is -0.389 e. The van der Waals surface area contributed by atoms with Crippen LogP contribution in [0.15, 0.2) is 0 Å². The van der Waals surface area contributed by atoms with Gasteiger partial charge in [0, 0.05) is 39.1 Å². The molecule has 0 unspecified atom stereocenters. The molecule has 128 valence electrons. The maximum absolute atomic E-state index is 12.3. The Balaban J connectivity index is 1.70. The van der Waals surface area contributed by atoms with Crippen LogP contribution >= 0.6 is 0 Å². The first-order chi connectivity index (χ1) is 10.5. The molecular weight excluding hydrogens is 280 g/mol. The summed E-state index contributed by atoms with van der Waals surface area (Å²) in [6.07, 6.45) is 5.52. The first-order valence-electron chi connectivity index (χ1n) is 8.76. The summed E-state index contributed by atoms with van der Waals surface area (Å²) in [5.41, 5.74) is -0.678. The predicted molar refractivity (Wildman–Crippen MR) is 86.7 cm³/mol. The maximum Gasteiger partial charge on any atom is 0.222 e.